The van der Waals surface area contributed by atoms with Crippen LogP contribution in [0.2, 0.25) is 5.02 Å². The zero-order valence-corrected chi connectivity index (χ0v) is 18.8. The standard InChI is InChI=1S/C22H21ClFN3O3S/c1-10-11(2)21(25-12(3)19(10)30-9-17(28)26-14-5-6-14)27-22(29)20-18(23)15-7-4-13(24)8-16(15)31-20/h4,7-8,14H,5-6,9H2,1-3H3,(H,26,28)(H,25,27,29). The van der Waals surface area contributed by atoms with E-state index >= 15 is 0 Å². The Hall–Kier alpha value is -2.71. The molecule has 0 aliphatic heterocycles. The zero-order valence-electron chi connectivity index (χ0n) is 17.3. The highest BCUT2D eigenvalue weighted by Gasteiger charge is 2.24. The quantitative estimate of drug-likeness (QED) is 0.545. The van der Waals surface area contributed by atoms with E-state index < -0.39 is 5.91 Å². The van der Waals surface area contributed by atoms with Crippen LogP contribution in [-0.4, -0.2) is 29.4 Å². The molecule has 6 nitrogen and oxygen atoms in total. The summed E-state index contributed by atoms with van der Waals surface area (Å²) in [7, 11) is 0. The molecule has 0 bridgehead atoms. The van der Waals surface area contributed by atoms with Gasteiger partial charge >= 0.3 is 0 Å². The predicted molar refractivity (Wildman–Crippen MR) is 120 cm³/mol. The second-order valence-electron chi connectivity index (χ2n) is 7.60. The third kappa shape index (κ3) is 4.50. The first-order valence-electron chi connectivity index (χ1n) is 9.83. The summed E-state index contributed by atoms with van der Waals surface area (Å²) in [6, 6.07) is 4.49. The van der Waals surface area contributed by atoms with Crippen molar-refractivity contribution in [1.29, 1.82) is 0 Å². The molecule has 9 heteroatoms. The molecule has 1 aromatic carbocycles. The number of nitrogens with one attached hydrogen (secondary N) is 2. The second-order valence-corrected chi connectivity index (χ2v) is 9.03. The van der Waals surface area contributed by atoms with Crippen molar-refractivity contribution in [3.05, 3.63) is 50.7 Å². The van der Waals surface area contributed by atoms with Crippen LogP contribution < -0.4 is 15.4 Å². The van der Waals surface area contributed by atoms with Crippen LogP contribution in [0.4, 0.5) is 10.2 Å². The van der Waals surface area contributed by atoms with Crippen LogP contribution in [0.5, 0.6) is 5.75 Å². The molecule has 1 fully saturated rings. The second kappa shape index (κ2) is 8.43. The molecule has 4 rings (SSSR count). The van der Waals surface area contributed by atoms with E-state index in [1.165, 1.54) is 12.1 Å². The Morgan fingerprint density at radius 1 is 1.26 bits per heavy atom. The number of halogens is 2. The summed E-state index contributed by atoms with van der Waals surface area (Å²) >= 11 is 7.48. The molecular formula is C22H21ClFN3O3S. The molecule has 162 valence electrons. The molecule has 2 heterocycles. The minimum absolute atomic E-state index is 0.0844. The van der Waals surface area contributed by atoms with Gasteiger partial charge in [0.1, 0.15) is 22.3 Å². The normalized spacial score (nSPS) is 13.3. The number of carbonyl (C=O) groups excluding carboxylic acids is 2. The monoisotopic (exact) mass is 461 g/mol. The summed E-state index contributed by atoms with van der Waals surface area (Å²) < 4.78 is 19.8. The Balaban J connectivity index is 1.54. The van der Waals surface area contributed by atoms with Gasteiger partial charge in [0.15, 0.2) is 6.61 Å². The Bertz CT molecular complexity index is 1210. The fourth-order valence-electron chi connectivity index (χ4n) is 3.24. The van der Waals surface area contributed by atoms with Gasteiger partial charge in [-0.1, -0.05) is 11.6 Å². The highest BCUT2D eigenvalue weighted by Crippen LogP contribution is 2.36. The summed E-state index contributed by atoms with van der Waals surface area (Å²) in [5.41, 5.74) is 2.06. The van der Waals surface area contributed by atoms with Gasteiger partial charge in [-0.3, -0.25) is 9.59 Å². The number of hydrogen-bond acceptors (Lipinski definition) is 5. The molecule has 1 aliphatic carbocycles. The number of aryl methyl sites for hydroxylation is 1. The first kappa shape index (κ1) is 21.5. The molecule has 2 N–H and O–H groups in total. The summed E-state index contributed by atoms with van der Waals surface area (Å²) in [6.45, 7) is 5.34. The fourth-order valence-corrected chi connectivity index (χ4v) is 4.68. The van der Waals surface area contributed by atoms with Crippen LogP contribution in [0.3, 0.4) is 0 Å². The molecule has 0 atom stereocenters. The molecule has 2 aromatic heterocycles. The summed E-state index contributed by atoms with van der Waals surface area (Å²) in [5, 5.41) is 6.59. The topological polar surface area (TPSA) is 80.3 Å². The lowest BCUT2D eigenvalue weighted by Crippen LogP contribution is -2.30. The Labute approximate surface area is 187 Å². The van der Waals surface area contributed by atoms with Crippen molar-refractivity contribution in [2.24, 2.45) is 0 Å². The smallest absolute Gasteiger partial charge is 0.268 e. The van der Waals surface area contributed by atoms with Crippen LogP contribution in [-0.2, 0) is 4.79 Å². The van der Waals surface area contributed by atoms with Gasteiger partial charge in [-0.05, 0) is 62.9 Å². The molecular weight excluding hydrogens is 441 g/mol. The van der Waals surface area contributed by atoms with Gasteiger partial charge < -0.3 is 15.4 Å². The van der Waals surface area contributed by atoms with E-state index in [2.05, 4.69) is 15.6 Å². The number of ether oxygens (including phenoxy) is 1. The van der Waals surface area contributed by atoms with Crippen molar-refractivity contribution in [3.63, 3.8) is 0 Å². The highest BCUT2D eigenvalue weighted by atomic mass is 35.5. The molecule has 3 aromatic rings. The van der Waals surface area contributed by atoms with Gasteiger partial charge in [0.25, 0.3) is 11.8 Å². The van der Waals surface area contributed by atoms with Crippen molar-refractivity contribution >= 4 is 50.7 Å². The van der Waals surface area contributed by atoms with E-state index in [-0.39, 0.29) is 34.3 Å². The van der Waals surface area contributed by atoms with Gasteiger partial charge in [0.05, 0.1) is 10.7 Å². The average molecular weight is 462 g/mol. The van der Waals surface area contributed by atoms with Crippen LogP contribution in [0, 0.1) is 26.6 Å². The molecule has 0 radical (unpaired) electrons. The van der Waals surface area contributed by atoms with E-state index in [1.807, 2.05) is 13.8 Å². The van der Waals surface area contributed by atoms with Gasteiger partial charge in [0, 0.05) is 16.1 Å². The predicted octanol–water partition coefficient (Wildman–Crippen LogP) is 4.92. The highest BCUT2D eigenvalue weighted by molar-refractivity contribution is 7.21. The molecule has 1 aliphatic rings. The summed E-state index contributed by atoms with van der Waals surface area (Å²) in [6.07, 6.45) is 2.02. The molecule has 31 heavy (non-hydrogen) atoms. The molecule has 0 saturated heterocycles. The summed E-state index contributed by atoms with van der Waals surface area (Å²) in [4.78, 5) is 29.5. The maximum atomic E-state index is 13.5. The number of aromatic nitrogens is 1. The number of carbonyl (C=O) groups is 2. The average Bonchev–Trinajstić information content (AvgIpc) is 3.47. The lowest BCUT2D eigenvalue weighted by Gasteiger charge is -2.16. The molecule has 2 amide bonds. The van der Waals surface area contributed by atoms with Gasteiger partial charge in [-0.15, -0.1) is 11.3 Å². The van der Waals surface area contributed by atoms with Crippen LogP contribution in [0.25, 0.3) is 10.1 Å². The van der Waals surface area contributed by atoms with E-state index in [0.29, 0.717) is 27.3 Å². The number of thiophene rings is 1. The number of rotatable bonds is 6. The van der Waals surface area contributed by atoms with Crippen LogP contribution in [0.1, 0.15) is 39.3 Å². The first-order valence-corrected chi connectivity index (χ1v) is 11.0. The maximum absolute atomic E-state index is 13.5. The number of fused-ring (bicyclic) bond motifs is 1. The first-order chi connectivity index (χ1) is 14.7. The molecule has 1 saturated carbocycles. The fraction of sp³-hybridized carbons (Fsp3) is 0.318. The SMILES string of the molecule is Cc1nc(NC(=O)c2sc3cc(F)ccc3c2Cl)c(C)c(C)c1OCC(=O)NC1CC1. The third-order valence-corrected chi connectivity index (χ3v) is 6.84. The van der Waals surface area contributed by atoms with E-state index in [9.17, 15) is 14.0 Å². The largest absolute Gasteiger partial charge is 0.482 e. The number of benzene rings is 1. The van der Waals surface area contributed by atoms with Crippen molar-refractivity contribution in [2.45, 2.75) is 39.7 Å². The zero-order chi connectivity index (χ0) is 22.3. The van der Waals surface area contributed by atoms with Crippen molar-refractivity contribution in [1.82, 2.24) is 10.3 Å². The number of amides is 2. The Morgan fingerprint density at radius 3 is 2.71 bits per heavy atom. The van der Waals surface area contributed by atoms with Crippen molar-refractivity contribution < 1.29 is 18.7 Å². The van der Waals surface area contributed by atoms with Gasteiger partial charge in [-0.2, -0.15) is 0 Å². The van der Waals surface area contributed by atoms with Crippen LogP contribution in [0.15, 0.2) is 18.2 Å². The van der Waals surface area contributed by atoms with E-state index in [0.717, 1.165) is 35.3 Å². The van der Waals surface area contributed by atoms with Gasteiger partial charge in [-0.25, -0.2) is 9.37 Å². The Morgan fingerprint density at radius 2 is 2.00 bits per heavy atom. The lowest BCUT2D eigenvalue weighted by atomic mass is 10.1. The van der Waals surface area contributed by atoms with Crippen molar-refractivity contribution in [3.8, 4) is 5.75 Å². The third-order valence-electron chi connectivity index (χ3n) is 5.19. The summed E-state index contributed by atoms with van der Waals surface area (Å²) in [5.74, 6) is -0.0560. The number of pyridine rings is 1. The number of anilines is 1. The molecule has 0 unspecified atom stereocenters. The van der Waals surface area contributed by atoms with Crippen molar-refractivity contribution in [2.75, 3.05) is 11.9 Å². The number of hydrogen-bond donors (Lipinski definition) is 2. The van der Waals surface area contributed by atoms with Crippen LogP contribution >= 0.6 is 22.9 Å². The Kier molecular flexibility index (Phi) is 5.85. The van der Waals surface area contributed by atoms with E-state index in [1.54, 1.807) is 13.0 Å². The maximum Gasteiger partial charge on any atom is 0.268 e. The lowest BCUT2D eigenvalue weighted by molar-refractivity contribution is -0.123. The van der Waals surface area contributed by atoms with E-state index in [4.69, 9.17) is 16.3 Å². The molecule has 0 spiro atoms. The van der Waals surface area contributed by atoms with Gasteiger partial charge in [0.2, 0.25) is 0 Å². The number of nitrogens with zero attached hydrogens (tertiary/aromatic N) is 1. The minimum Gasteiger partial charge on any atom is -0.482 e. The minimum atomic E-state index is -0.418.